The SMILES string of the molecule is O=S(=O)(NCc1ccc(F)cn1)N1CCCCCC1. The van der Waals surface area contributed by atoms with Crippen LogP contribution < -0.4 is 4.72 Å². The molecule has 0 amide bonds. The molecule has 0 aliphatic carbocycles. The molecule has 1 aliphatic heterocycles. The Labute approximate surface area is 113 Å². The summed E-state index contributed by atoms with van der Waals surface area (Å²) in [4.78, 5) is 3.82. The highest BCUT2D eigenvalue weighted by molar-refractivity contribution is 7.87. The average Bonchev–Trinajstić information content (AvgIpc) is 2.67. The Kier molecular flexibility index (Phi) is 4.84. The van der Waals surface area contributed by atoms with E-state index < -0.39 is 16.0 Å². The second kappa shape index (κ2) is 6.40. The van der Waals surface area contributed by atoms with Crippen molar-refractivity contribution in [2.45, 2.75) is 32.2 Å². The van der Waals surface area contributed by atoms with E-state index in [1.807, 2.05) is 0 Å². The van der Waals surface area contributed by atoms with Crippen LogP contribution in [-0.2, 0) is 16.8 Å². The fourth-order valence-corrected chi connectivity index (χ4v) is 3.30. The number of nitrogens with zero attached hydrogens (tertiary/aromatic N) is 2. The predicted molar refractivity (Wildman–Crippen MR) is 70.0 cm³/mol. The summed E-state index contributed by atoms with van der Waals surface area (Å²) in [6.07, 6.45) is 5.03. The van der Waals surface area contributed by atoms with Gasteiger partial charge >= 0.3 is 0 Å². The summed E-state index contributed by atoms with van der Waals surface area (Å²) in [5, 5.41) is 0. The van der Waals surface area contributed by atoms with Gasteiger partial charge in [0.15, 0.2) is 0 Å². The zero-order valence-electron chi connectivity index (χ0n) is 10.7. The molecule has 2 rings (SSSR count). The van der Waals surface area contributed by atoms with Gasteiger partial charge in [0.1, 0.15) is 5.82 Å². The van der Waals surface area contributed by atoms with Gasteiger partial charge in [-0.3, -0.25) is 4.98 Å². The summed E-state index contributed by atoms with van der Waals surface area (Å²) in [7, 11) is -3.47. The summed E-state index contributed by atoms with van der Waals surface area (Å²) in [6.45, 7) is 1.21. The highest BCUT2D eigenvalue weighted by Crippen LogP contribution is 2.12. The molecule has 0 unspecified atom stereocenters. The molecule has 19 heavy (non-hydrogen) atoms. The van der Waals surface area contributed by atoms with Gasteiger partial charge in [-0.15, -0.1) is 0 Å². The van der Waals surface area contributed by atoms with Crippen LogP contribution in [0.1, 0.15) is 31.4 Å². The Balaban J connectivity index is 1.94. The number of hydrogen-bond donors (Lipinski definition) is 1. The predicted octanol–water partition coefficient (Wildman–Crippen LogP) is 1.43. The summed E-state index contributed by atoms with van der Waals surface area (Å²) in [6, 6.07) is 2.74. The molecule has 1 N–H and O–H groups in total. The van der Waals surface area contributed by atoms with Crippen molar-refractivity contribution < 1.29 is 12.8 Å². The topological polar surface area (TPSA) is 62.3 Å². The maximum Gasteiger partial charge on any atom is 0.279 e. The Morgan fingerprint density at radius 2 is 1.89 bits per heavy atom. The first-order valence-electron chi connectivity index (χ1n) is 6.43. The van der Waals surface area contributed by atoms with Gasteiger partial charge in [0.05, 0.1) is 18.4 Å². The van der Waals surface area contributed by atoms with Gasteiger partial charge in [0, 0.05) is 13.1 Å². The summed E-state index contributed by atoms with van der Waals surface area (Å²) >= 11 is 0. The van der Waals surface area contributed by atoms with Crippen LogP contribution in [0.25, 0.3) is 0 Å². The molecular formula is C12H18FN3O2S. The number of pyridine rings is 1. The highest BCUT2D eigenvalue weighted by atomic mass is 32.2. The number of aromatic nitrogens is 1. The van der Waals surface area contributed by atoms with Crippen molar-refractivity contribution in [3.05, 3.63) is 29.8 Å². The molecule has 7 heteroatoms. The van der Waals surface area contributed by atoms with Crippen molar-refractivity contribution in [2.24, 2.45) is 0 Å². The van der Waals surface area contributed by atoms with Crippen LogP contribution >= 0.6 is 0 Å². The molecule has 1 fully saturated rings. The molecule has 0 spiro atoms. The van der Waals surface area contributed by atoms with Crippen LogP contribution in [0, 0.1) is 5.82 Å². The molecule has 1 aromatic heterocycles. The maximum atomic E-state index is 12.7. The molecule has 0 radical (unpaired) electrons. The summed E-state index contributed by atoms with van der Waals surface area (Å²) in [5.41, 5.74) is 0.500. The van der Waals surface area contributed by atoms with E-state index in [0.717, 1.165) is 31.9 Å². The first-order chi connectivity index (χ1) is 9.08. The van der Waals surface area contributed by atoms with Crippen molar-refractivity contribution in [1.29, 1.82) is 0 Å². The third-order valence-electron chi connectivity index (χ3n) is 3.13. The Hall–Kier alpha value is -1.05. The van der Waals surface area contributed by atoms with E-state index in [0.29, 0.717) is 18.8 Å². The van der Waals surface area contributed by atoms with E-state index >= 15 is 0 Å². The molecule has 0 saturated carbocycles. The molecule has 106 valence electrons. The Bertz CT molecular complexity index is 496. The van der Waals surface area contributed by atoms with Gasteiger partial charge in [-0.2, -0.15) is 17.4 Å². The monoisotopic (exact) mass is 287 g/mol. The maximum absolute atomic E-state index is 12.7. The quantitative estimate of drug-likeness (QED) is 0.911. The van der Waals surface area contributed by atoms with Crippen LogP contribution in [0.5, 0.6) is 0 Å². The zero-order valence-corrected chi connectivity index (χ0v) is 11.5. The van der Waals surface area contributed by atoms with Gasteiger partial charge in [-0.1, -0.05) is 12.8 Å². The van der Waals surface area contributed by atoms with Crippen LogP contribution in [-0.4, -0.2) is 30.8 Å². The van der Waals surface area contributed by atoms with Crippen molar-refractivity contribution >= 4 is 10.2 Å². The number of nitrogens with one attached hydrogen (secondary N) is 1. The lowest BCUT2D eigenvalue weighted by Gasteiger charge is -2.20. The average molecular weight is 287 g/mol. The van der Waals surface area contributed by atoms with Crippen LogP contribution in [0.2, 0.25) is 0 Å². The third kappa shape index (κ3) is 4.22. The molecule has 0 aromatic carbocycles. The number of hydrogen-bond acceptors (Lipinski definition) is 3. The standard InChI is InChI=1S/C12H18FN3O2S/c13-11-5-6-12(14-9-11)10-15-19(17,18)16-7-3-1-2-4-8-16/h5-6,9,15H,1-4,7-8,10H2. The van der Waals surface area contributed by atoms with E-state index in [4.69, 9.17) is 0 Å². The van der Waals surface area contributed by atoms with E-state index in [-0.39, 0.29) is 6.54 Å². The smallest absolute Gasteiger partial charge is 0.257 e. The third-order valence-corrected chi connectivity index (χ3v) is 4.68. The lowest BCUT2D eigenvalue weighted by molar-refractivity contribution is 0.414. The van der Waals surface area contributed by atoms with Crippen LogP contribution in [0.15, 0.2) is 18.3 Å². The van der Waals surface area contributed by atoms with Crippen LogP contribution in [0.4, 0.5) is 4.39 Å². The van der Waals surface area contributed by atoms with Crippen molar-refractivity contribution in [3.63, 3.8) is 0 Å². The minimum Gasteiger partial charge on any atom is -0.257 e. The molecule has 1 aromatic rings. The second-order valence-electron chi connectivity index (χ2n) is 4.61. The van der Waals surface area contributed by atoms with E-state index in [2.05, 4.69) is 9.71 Å². The van der Waals surface area contributed by atoms with Crippen molar-refractivity contribution in [1.82, 2.24) is 14.0 Å². The normalized spacial score (nSPS) is 18.2. The van der Waals surface area contributed by atoms with E-state index in [9.17, 15) is 12.8 Å². The molecule has 1 saturated heterocycles. The molecule has 0 bridgehead atoms. The number of halogens is 1. The van der Waals surface area contributed by atoms with Gasteiger partial charge in [-0.05, 0) is 25.0 Å². The molecular weight excluding hydrogens is 269 g/mol. The molecule has 0 atom stereocenters. The van der Waals surface area contributed by atoms with Gasteiger partial charge in [-0.25, -0.2) is 4.39 Å². The molecule has 2 heterocycles. The fourth-order valence-electron chi connectivity index (χ4n) is 2.05. The lowest BCUT2D eigenvalue weighted by Crippen LogP contribution is -2.41. The fraction of sp³-hybridized carbons (Fsp3) is 0.583. The van der Waals surface area contributed by atoms with Crippen LogP contribution in [0.3, 0.4) is 0 Å². The second-order valence-corrected chi connectivity index (χ2v) is 6.36. The van der Waals surface area contributed by atoms with Gasteiger partial charge in [0.2, 0.25) is 0 Å². The Morgan fingerprint density at radius 3 is 2.47 bits per heavy atom. The Morgan fingerprint density at radius 1 is 1.21 bits per heavy atom. The van der Waals surface area contributed by atoms with Crippen molar-refractivity contribution in [3.8, 4) is 0 Å². The number of rotatable bonds is 4. The largest absolute Gasteiger partial charge is 0.279 e. The first-order valence-corrected chi connectivity index (χ1v) is 7.87. The van der Waals surface area contributed by atoms with E-state index in [1.165, 1.54) is 16.4 Å². The van der Waals surface area contributed by atoms with E-state index in [1.54, 1.807) is 0 Å². The minimum absolute atomic E-state index is 0.0825. The van der Waals surface area contributed by atoms with Gasteiger partial charge in [0.25, 0.3) is 10.2 Å². The lowest BCUT2D eigenvalue weighted by atomic mass is 10.2. The highest BCUT2D eigenvalue weighted by Gasteiger charge is 2.22. The van der Waals surface area contributed by atoms with Crippen molar-refractivity contribution in [2.75, 3.05) is 13.1 Å². The molecule has 1 aliphatic rings. The summed E-state index contributed by atoms with van der Waals surface area (Å²) < 4.78 is 40.9. The molecule has 5 nitrogen and oxygen atoms in total. The zero-order chi connectivity index (χ0) is 13.7. The van der Waals surface area contributed by atoms with Gasteiger partial charge < -0.3 is 0 Å². The minimum atomic E-state index is -3.47. The summed E-state index contributed by atoms with van der Waals surface area (Å²) in [5.74, 6) is -0.431. The first kappa shape index (κ1) is 14.4.